The Bertz CT molecular complexity index is 2500. The number of hydrogen-bond donors (Lipinski definition) is 5. The van der Waals surface area contributed by atoms with Crippen LogP contribution >= 0.6 is 0 Å². The van der Waals surface area contributed by atoms with Crippen LogP contribution in [0, 0.1) is 41.4 Å². The predicted molar refractivity (Wildman–Crippen MR) is 355 cm³/mol. The molecule has 2 aliphatic rings. The zero-order chi connectivity index (χ0) is 70.8. The van der Waals surface area contributed by atoms with E-state index in [4.69, 9.17) is 4.74 Å². The maximum atomic E-state index is 15.2. The lowest BCUT2D eigenvalue weighted by Crippen LogP contribution is -2.64. The summed E-state index contributed by atoms with van der Waals surface area (Å²) in [4.78, 5) is 174. The first kappa shape index (κ1) is 82.1. The number of hydrogen-bond acceptors (Lipinski definition) is 14. The average Bonchev–Trinajstić information content (AvgIpc) is 0.816. The van der Waals surface area contributed by atoms with Gasteiger partial charge in [0.2, 0.25) is 65.0 Å². The molecule has 2 aliphatic heterocycles. The third kappa shape index (κ3) is 21.8. The van der Waals surface area contributed by atoms with Gasteiger partial charge in [-0.15, -0.1) is 0 Å². The van der Waals surface area contributed by atoms with E-state index in [1.165, 1.54) is 99.5 Å². The van der Waals surface area contributed by atoms with Crippen LogP contribution in [-0.2, 0) is 57.5 Å². The maximum absolute atomic E-state index is 15.2. The molecule has 5 N–H and O–H groups in total. The lowest BCUT2D eigenvalue weighted by Gasteiger charge is -2.41. The molecule has 15 atom stereocenters. The van der Waals surface area contributed by atoms with Crippen molar-refractivity contribution in [3.8, 4) is 0 Å². The Hall–Kier alpha value is -5.95. The largest absolute Gasteiger partial charge is 0.390 e. The summed E-state index contributed by atoms with van der Waals surface area (Å²) in [7, 11) is 10.0. The van der Waals surface area contributed by atoms with Gasteiger partial charge in [0.05, 0.1) is 19.3 Å². The Morgan fingerprint density at radius 3 is 1.46 bits per heavy atom. The molecule has 2 fully saturated rings. The molecule has 2 heterocycles. The molecule has 0 aromatic carbocycles. The topological polar surface area (TPSA) is 291 Å². The van der Waals surface area contributed by atoms with Gasteiger partial charge >= 0.3 is 0 Å². The van der Waals surface area contributed by atoms with E-state index in [2.05, 4.69) is 26.2 Å². The molecule has 25 heteroatoms. The zero-order valence-corrected chi connectivity index (χ0v) is 60.7. The number of amides is 11. The number of likely N-dealkylation sites (N-methyl/N-ethyl adjacent to an activating group) is 7. The molecule has 11 amide bonds. The minimum absolute atomic E-state index is 0.0148. The number of carbonyl (C=O) groups is 11. The lowest BCUT2D eigenvalue weighted by atomic mass is 9.92. The highest BCUT2D eigenvalue weighted by atomic mass is 16.5. The van der Waals surface area contributed by atoms with E-state index < -0.39 is 161 Å². The van der Waals surface area contributed by atoms with Crippen molar-refractivity contribution < 1.29 is 62.6 Å². The number of rotatable bonds is 17. The molecule has 0 aromatic rings. The highest BCUT2D eigenvalue weighted by molar-refractivity contribution is 6.00. The second-order valence-electron chi connectivity index (χ2n) is 28.4. The molecule has 0 unspecified atom stereocenters. The van der Waals surface area contributed by atoms with Crippen LogP contribution in [0.2, 0.25) is 0 Å². The molecule has 0 aliphatic carbocycles. The van der Waals surface area contributed by atoms with Crippen molar-refractivity contribution in [2.75, 3.05) is 75.6 Å². The molecular weight excluding hydrogens is 1180 g/mol. The number of ether oxygens (including phenoxy) is 1. The van der Waals surface area contributed by atoms with E-state index in [0.29, 0.717) is 45.6 Å². The van der Waals surface area contributed by atoms with Crippen LogP contribution in [0.4, 0.5) is 0 Å². The number of morpholine rings is 1. The molecule has 0 spiro atoms. The summed E-state index contributed by atoms with van der Waals surface area (Å²) in [5.41, 5.74) is 0. The van der Waals surface area contributed by atoms with Gasteiger partial charge in [-0.3, -0.25) is 57.6 Å². The van der Waals surface area contributed by atoms with Crippen LogP contribution in [0.5, 0.6) is 0 Å². The summed E-state index contributed by atoms with van der Waals surface area (Å²) in [6, 6.07) is -13.6. The van der Waals surface area contributed by atoms with Gasteiger partial charge in [-0.2, -0.15) is 0 Å². The molecule has 0 bridgehead atoms. The van der Waals surface area contributed by atoms with Crippen LogP contribution in [0.3, 0.4) is 0 Å². The first-order valence-corrected chi connectivity index (χ1v) is 33.7. The zero-order valence-electron chi connectivity index (χ0n) is 60.7. The summed E-state index contributed by atoms with van der Waals surface area (Å²) < 4.78 is 5.68. The van der Waals surface area contributed by atoms with Crippen LogP contribution < -0.4 is 21.3 Å². The molecule has 528 valence electrons. The predicted octanol–water partition coefficient (Wildman–Crippen LogP) is 3.19. The van der Waals surface area contributed by atoms with Gasteiger partial charge in [-0.25, -0.2) is 0 Å². The van der Waals surface area contributed by atoms with E-state index in [-0.39, 0.29) is 49.5 Å². The molecule has 25 nitrogen and oxygen atoms in total. The fourth-order valence-corrected chi connectivity index (χ4v) is 12.3. The van der Waals surface area contributed by atoms with Crippen molar-refractivity contribution in [1.29, 1.82) is 0 Å². The second kappa shape index (κ2) is 37.2. The number of carbonyl (C=O) groups excluding carboxylic acids is 11. The lowest BCUT2D eigenvalue weighted by molar-refractivity contribution is -0.157. The fraction of sp³-hybridized carbons (Fsp3) is 0.836. The van der Waals surface area contributed by atoms with Gasteiger partial charge < -0.3 is 65.4 Å². The minimum atomic E-state index is -1.60. The number of aliphatic hydroxyl groups excluding tert-OH is 1. The van der Waals surface area contributed by atoms with Gasteiger partial charge in [0, 0.05) is 61.9 Å². The smallest absolute Gasteiger partial charge is 0.246 e. The summed E-state index contributed by atoms with van der Waals surface area (Å²) in [5, 5.41) is 23.2. The molecule has 92 heavy (non-hydrogen) atoms. The molecule has 0 aromatic heterocycles. The summed E-state index contributed by atoms with van der Waals surface area (Å²) >= 11 is 0. The van der Waals surface area contributed by atoms with E-state index >= 15 is 19.2 Å². The van der Waals surface area contributed by atoms with E-state index in [1.807, 2.05) is 62.3 Å². The van der Waals surface area contributed by atoms with E-state index in [0.717, 1.165) is 4.90 Å². The summed E-state index contributed by atoms with van der Waals surface area (Å²) in [5.74, 6) is -9.82. The molecule has 0 radical (unpaired) electrons. The van der Waals surface area contributed by atoms with Gasteiger partial charge in [0.25, 0.3) is 0 Å². The van der Waals surface area contributed by atoms with Gasteiger partial charge in [-0.05, 0) is 114 Å². The van der Waals surface area contributed by atoms with Crippen molar-refractivity contribution in [1.82, 2.24) is 60.5 Å². The third-order valence-electron chi connectivity index (χ3n) is 18.9. The van der Waals surface area contributed by atoms with Crippen molar-refractivity contribution in [2.24, 2.45) is 41.4 Å². The average molecular weight is 1300 g/mol. The third-order valence-corrected chi connectivity index (χ3v) is 18.9. The Morgan fingerprint density at radius 1 is 0.478 bits per heavy atom. The molecular formula is C67H122N12O13. The van der Waals surface area contributed by atoms with E-state index in [1.54, 1.807) is 41.5 Å². The number of aliphatic hydroxyl groups is 1. The van der Waals surface area contributed by atoms with Gasteiger partial charge in [-0.1, -0.05) is 103 Å². The first-order valence-electron chi connectivity index (χ1n) is 33.7. The van der Waals surface area contributed by atoms with Crippen LogP contribution in [0.15, 0.2) is 0 Å². The van der Waals surface area contributed by atoms with Crippen LogP contribution in [0.1, 0.15) is 170 Å². The second-order valence-corrected chi connectivity index (χ2v) is 28.4. The van der Waals surface area contributed by atoms with Crippen molar-refractivity contribution in [2.45, 2.75) is 248 Å². The SMILES string of the molecule is CC[C@@H]1NC(=O)[C@H]([C@H](O)[C@H](C)CC)N(C)C(=O)[C@H](C(C)C)N(C)C(=O)[C@H](CC(C)C)N(C)C(=O)[C@H](CC(C)C)N(C)C(=O)[C@@H](C)NC(=O)[C@H](C)NC(=O)[C@H](CCC(C)C)N(C)C(=O)[C@H](C(C)C)NC(=O)[C@H]([C@H](C)CCN2CCOC[C@@H]2C)N(C)C(=O)[C@@H](C)N(C)C1=O. The Morgan fingerprint density at radius 2 is 0.967 bits per heavy atom. The minimum Gasteiger partial charge on any atom is -0.390 e. The van der Waals surface area contributed by atoms with Crippen molar-refractivity contribution >= 4 is 65.0 Å². The molecule has 2 saturated heterocycles. The summed E-state index contributed by atoms with van der Waals surface area (Å²) in [6.07, 6.45) is 0.332. The highest BCUT2D eigenvalue weighted by Crippen LogP contribution is 2.27. The monoisotopic (exact) mass is 1300 g/mol. The molecule has 2 rings (SSSR count). The highest BCUT2D eigenvalue weighted by Gasteiger charge is 2.46. The quantitative estimate of drug-likeness (QED) is 0.140. The Kier molecular flexibility index (Phi) is 33.2. The fourth-order valence-electron chi connectivity index (χ4n) is 12.3. The Labute approximate surface area is 551 Å². The van der Waals surface area contributed by atoms with Gasteiger partial charge in [0.15, 0.2) is 0 Å². The van der Waals surface area contributed by atoms with E-state index in [9.17, 15) is 38.7 Å². The summed E-state index contributed by atoms with van der Waals surface area (Å²) in [6.45, 7) is 34.1. The van der Waals surface area contributed by atoms with Gasteiger partial charge in [0.1, 0.15) is 66.5 Å². The standard InChI is InChI=1S/C67H122N12O13/c1-26-42(13)56(80)55-60(84)70-48(27-2)63(87)72(19)47(18)62(86)77(24)54(43(14)30-31-79-32-33-92-36-44(79)15)59(83)71-52(40(9)10)66(90)73(20)49(29-28-37(3)4)58(82)68-45(16)57(81)69-46(17)61(85)74(21)50(34-38(5)6)64(88)75(22)51(35-39(7)8)65(89)76(23)53(41(11)12)67(91)78(55)25/h37-56,80H,26-36H2,1-25H3,(H,68,82)(H,69,81)(H,70,84)(H,71,83)/t42-,43-,44+,45+,46-,47-,48+,49+,50+,51+,52+,53+,54+,55+,56-/m1/s1. The van der Waals surface area contributed by atoms with Crippen LogP contribution in [0.25, 0.3) is 0 Å². The van der Waals surface area contributed by atoms with Crippen molar-refractivity contribution in [3.63, 3.8) is 0 Å². The molecule has 0 saturated carbocycles. The Balaban J connectivity index is 3.03. The first-order chi connectivity index (χ1) is 42.6. The van der Waals surface area contributed by atoms with Crippen molar-refractivity contribution in [3.05, 3.63) is 0 Å². The van der Waals surface area contributed by atoms with Crippen LogP contribution in [-0.4, -0.2) is 264 Å². The maximum Gasteiger partial charge on any atom is 0.246 e. The number of nitrogens with zero attached hydrogens (tertiary/aromatic N) is 8. The number of nitrogens with one attached hydrogen (secondary N) is 4. The normalized spacial score (nSPS) is 28.8.